The van der Waals surface area contributed by atoms with Gasteiger partial charge in [0.05, 0.1) is 34.0 Å². The van der Waals surface area contributed by atoms with Gasteiger partial charge in [0, 0.05) is 19.6 Å². The smallest absolute Gasteiger partial charge is 0.321 e. The molecular weight excluding hydrogens is 394 g/mol. The van der Waals surface area contributed by atoms with Gasteiger partial charge in [-0.3, -0.25) is 9.89 Å². The van der Waals surface area contributed by atoms with Crippen molar-refractivity contribution >= 4 is 34.3 Å². The summed E-state index contributed by atoms with van der Waals surface area (Å²) in [4.78, 5) is 37.1. The Morgan fingerprint density at radius 1 is 1.23 bits per heavy atom. The van der Waals surface area contributed by atoms with Crippen molar-refractivity contribution in [2.45, 2.75) is 45.4 Å². The largest absolute Gasteiger partial charge is 0.337 e. The molecule has 162 valence electrons. The first kappa shape index (κ1) is 19.6. The molecule has 0 atom stereocenters. The molecule has 3 aromatic rings. The number of H-pyrrole nitrogens is 2. The summed E-state index contributed by atoms with van der Waals surface area (Å²) in [5.74, 6) is 0.700. The van der Waals surface area contributed by atoms with Crippen LogP contribution in [-0.4, -0.2) is 56.6 Å². The first-order valence-corrected chi connectivity index (χ1v) is 10.9. The van der Waals surface area contributed by atoms with E-state index in [1.807, 2.05) is 42.7 Å². The molecule has 4 heterocycles. The number of imidazole rings is 1. The normalized spacial score (nSPS) is 18.0. The van der Waals surface area contributed by atoms with Gasteiger partial charge in [-0.05, 0) is 57.7 Å². The van der Waals surface area contributed by atoms with E-state index in [1.165, 1.54) is 6.42 Å². The summed E-state index contributed by atoms with van der Waals surface area (Å²) in [6.45, 7) is 8.05. The Hall–Kier alpha value is -3.36. The number of anilines is 2. The van der Waals surface area contributed by atoms with Gasteiger partial charge >= 0.3 is 6.03 Å². The Morgan fingerprint density at radius 3 is 2.74 bits per heavy atom. The van der Waals surface area contributed by atoms with Crippen molar-refractivity contribution < 1.29 is 9.59 Å². The van der Waals surface area contributed by atoms with Gasteiger partial charge in [0.25, 0.3) is 0 Å². The van der Waals surface area contributed by atoms with E-state index >= 15 is 0 Å². The van der Waals surface area contributed by atoms with Crippen molar-refractivity contribution in [2.75, 3.05) is 29.9 Å². The summed E-state index contributed by atoms with van der Waals surface area (Å²) in [6, 6.07) is 3.86. The van der Waals surface area contributed by atoms with Crippen LogP contribution in [0.3, 0.4) is 0 Å². The lowest BCUT2D eigenvalue weighted by Crippen LogP contribution is -2.38. The summed E-state index contributed by atoms with van der Waals surface area (Å²) >= 11 is 0. The highest BCUT2D eigenvalue weighted by atomic mass is 16.2. The monoisotopic (exact) mass is 421 g/mol. The van der Waals surface area contributed by atoms with Gasteiger partial charge in [0.2, 0.25) is 5.91 Å². The minimum atomic E-state index is -0.577. The maximum absolute atomic E-state index is 12.8. The summed E-state index contributed by atoms with van der Waals surface area (Å²) in [5.41, 5.74) is 4.15. The van der Waals surface area contributed by atoms with Gasteiger partial charge in [-0.25, -0.2) is 9.78 Å². The van der Waals surface area contributed by atoms with Crippen molar-refractivity contribution in [3.8, 4) is 11.5 Å². The molecule has 2 aliphatic heterocycles. The first-order chi connectivity index (χ1) is 14.9. The number of carbonyl (C=O) groups is 2. The van der Waals surface area contributed by atoms with Crippen molar-refractivity contribution in [3.63, 3.8) is 0 Å². The molecule has 1 saturated heterocycles. The Bertz CT molecular complexity index is 1170. The molecule has 3 N–H and O–H groups in total. The molecule has 2 aromatic heterocycles. The number of aromatic nitrogens is 4. The average Bonchev–Trinajstić information content (AvgIpc) is 3.43. The zero-order valence-corrected chi connectivity index (χ0v) is 18.1. The van der Waals surface area contributed by atoms with Crippen LogP contribution < -0.4 is 10.2 Å². The molecule has 9 heteroatoms. The van der Waals surface area contributed by atoms with Crippen LogP contribution in [0.15, 0.2) is 18.3 Å². The fraction of sp³-hybridized carbons (Fsp3) is 0.455. The number of fused-ring (bicyclic) bond motifs is 2. The molecular formula is C22H27N7O2. The van der Waals surface area contributed by atoms with Crippen LogP contribution in [0, 0.1) is 0 Å². The fourth-order valence-electron chi connectivity index (χ4n) is 4.62. The van der Waals surface area contributed by atoms with Crippen LogP contribution in [0.4, 0.5) is 16.2 Å². The molecule has 3 amide bonds. The van der Waals surface area contributed by atoms with Crippen molar-refractivity contribution in [3.05, 3.63) is 23.9 Å². The van der Waals surface area contributed by atoms with Crippen molar-refractivity contribution in [1.29, 1.82) is 0 Å². The number of benzene rings is 1. The third-order valence-electron chi connectivity index (χ3n) is 6.42. The molecule has 0 unspecified atom stereocenters. The zero-order chi connectivity index (χ0) is 21.8. The van der Waals surface area contributed by atoms with Crippen LogP contribution in [0.5, 0.6) is 0 Å². The maximum Gasteiger partial charge on any atom is 0.321 e. The number of nitrogens with zero attached hydrogens (tertiary/aromatic N) is 4. The number of rotatable bonds is 3. The molecule has 1 fully saturated rings. The van der Waals surface area contributed by atoms with E-state index in [9.17, 15) is 9.59 Å². The minimum Gasteiger partial charge on any atom is -0.337 e. The van der Waals surface area contributed by atoms with Gasteiger partial charge in [-0.2, -0.15) is 5.10 Å². The lowest BCUT2D eigenvalue weighted by Gasteiger charge is -2.26. The van der Waals surface area contributed by atoms with E-state index in [0.29, 0.717) is 23.8 Å². The van der Waals surface area contributed by atoms with Crippen LogP contribution in [-0.2, 0) is 10.2 Å². The highest BCUT2D eigenvalue weighted by Crippen LogP contribution is 2.43. The van der Waals surface area contributed by atoms with Gasteiger partial charge in [-0.15, -0.1) is 0 Å². The van der Waals surface area contributed by atoms with E-state index < -0.39 is 5.41 Å². The van der Waals surface area contributed by atoms with Crippen LogP contribution in [0.1, 0.15) is 45.6 Å². The van der Waals surface area contributed by atoms with Gasteiger partial charge < -0.3 is 20.1 Å². The standard InChI is InChI=1S/C22H27N7O2/c1-4-29-17-11-15-14(10-13(17)22(2,3)20(29)30)24-19(25-15)18-16(12-23-27-18)26-21(31)28-8-6-5-7-9-28/h10-12H,4-9H2,1-3H3,(H,23,27)(H,24,25)(H,26,31). The first-order valence-electron chi connectivity index (χ1n) is 10.9. The second-order valence-electron chi connectivity index (χ2n) is 8.78. The number of aromatic amines is 2. The summed E-state index contributed by atoms with van der Waals surface area (Å²) < 4.78 is 0. The van der Waals surface area contributed by atoms with Crippen LogP contribution in [0.25, 0.3) is 22.6 Å². The van der Waals surface area contributed by atoms with Crippen molar-refractivity contribution in [1.82, 2.24) is 25.1 Å². The predicted molar refractivity (Wildman–Crippen MR) is 119 cm³/mol. The fourth-order valence-corrected chi connectivity index (χ4v) is 4.62. The Balaban J connectivity index is 1.48. The van der Waals surface area contributed by atoms with Gasteiger partial charge in [0.15, 0.2) is 5.82 Å². The molecule has 0 spiro atoms. The van der Waals surface area contributed by atoms with Crippen LogP contribution in [0.2, 0.25) is 0 Å². The minimum absolute atomic E-state index is 0.106. The highest BCUT2D eigenvalue weighted by Gasteiger charge is 2.43. The molecule has 0 bridgehead atoms. The number of likely N-dealkylation sites (tertiary alicyclic amines) is 1. The Morgan fingerprint density at radius 2 is 2.00 bits per heavy atom. The van der Waals surface area contributed by atoms with E-state index in [-0.39, 0.29) is 11.9 Å². The number of hydrogen-bond acceptors (Lipinski definition) is 4. The van der Waals surface area contributed by atoms with E-state index in [0.717, 1.165) is 48.2 Å². The Labute approximate surface area is 180 Å². The third-order valence-corrected chi connectivity index (χ3v) is 6.42. The number of hydrogen-bond donors (Lipinski definition) is 3. The summed E-state index contributed by atoms with van der Waals surface area (Å²) in [6.07, 6.45) is 4.84. The zero-order valence-electron chi connectivity index (χ0n) is 18.1. The van der Waals surface area contributed by atoms with Crippen molar-refractivity contribution in [2.24, 2.45) is 0 Å². The number of nitrogens with one attached hydrogen (secondary N) is 3. The van der Waals surface area contributed by atoms with Gasteiger partial charge in [-0.1, -0.05) is 0 Å². The topological polar surface area (TPSA) is 110 Å². The lowest BCUT2D eigenvalue weighted by atomic mass is 9.86. The molecule has 5 rings (SSSR count). The molecule has 0 aliphatic carbocycles. The van der Waals surface area contributed by atoms with Crippen LogP contribution >= 0.6 is 0 Å². The number of amides is 3. The molecule has 2 aliphatic rings. The SMILES string of the molecule is CCN1C(=O)C(C)(C)c2cc3[nH]c(-c4[nH]ncc4NC(=O)N4CCCCC4)nc3cc21. The van der Waals surface area contributed by atoms with E-state index in [2.05, 4.69) is 20.5 Å². The third kappa shape index (κ3) is 3.07. The number of likely N-dealkylation sites (N-methyl/N-ethyl adjacent to an activating group) is 1. The predicted octanol–water partition coefficient (Wildman–Crippen LogP) is 3.61. The lowest BCUT2D eigenvalue weighted by molar-refractivity contribution is -0.122. The average molecular weight is 422 g/mol. The second-order valence-corrected chi connectivity index (χ2v) is 8.78. The molecule has 0 saturated carbocycles. The summed E-state index contributed by atoms with van der Waals surface area (Å²) in [7, 11) is 0. The molecule has 1 aromatic carbocycles. The highest BCUT2D eigenvalue weighted by molar-refractivity contribution is 6.09. The maximum atomic E-state index is 12.8. The number of piperidine rings is 1. The second kappa shape index (κ2) is 7.11. The van der Waals surface area contributed by atoms with E-state index in [4.69, 9.17) is 4.98 Å². The number of carbonyl (C=O) groups excluding carboxylic acids is 2. The molecule has 9 nitrogen and oxygen atoms in total. The van der Waals surface area contributed by atoms with Gasteiger partial charge in [0.1, 0.15) is 5.69 Å². The Kier molecular flexibility index (Phi) is 4.49. The molecule has 31 heavy (non-hydrogen) atoms. The summed E-state index contributed by atoms with van der Waals surface area (Å²) in [5, 5.41) is 10.0. The molecule has 0 radical (unpaired) electrons. The quantitative estimate of drug-likeness (QED) is 0.600. The van der Waals surface area contributed by atoms with E-state index in [1.54, 1.807) is 6.20 Å². The number of urea groups is 1.